The number of ether oxygens (including phenoxy) is 2. The van der Waals surface area contributed by atoms with Crippen molar-refractivity contribution in [1.82, 2.24) is 25.6 Å². The Morgan fingerprint density at radius 2 is 1.78 bits per heavy atom. The molecule has 1 aromatic carbocycles. The summed E-state index contributed by atoms with van der Waals surface area (Å²) < 4.78 is 35.8. The summed E-state index contributed by atoms with van der Waals surface area (Å²) in [5.41, 5.74) is 3.11. The molecular weight excluding hydrogens is 657 g/mol. The molecule has 0 unspecified atom stereocenters. The predicted octanol–water partition coefficient (Wildman–Crippen LogP) is 5.62. The van der Waals surface area contributed by atoms with Gasteiger partial charge in [-0.05, 0) is 102 Å². The number of rotatable bonds is 11. The Bertz CT molecular complexity index is 1960. The molecular formula is C37H46N6O6S. The van der Waals surface area contributed by atoms with Gasteiger partial charge in [-0.25, -0.2) is 23.2 Å². The van der Waals surface area contributed by atoms with Crippen LogP contribution in [-0.2, 0) is 25.9 Å². The molecule has 4 heterocycles. The normalized spacial score (nSPS) is 16.6. The summed E-state index contributed by atoms with van der Waals surface area (Å²) in [4.78, 5) is 41.5. The first-order valence-corrected chi connectivity index (χ1v) is 18.7. The summed E-state index contributed by atoms with van der Waals surface area (Å²) in [6.45, 7) is 11.4. The van der Waals surface area contributed by atoms with Gasteiger partial charge in [0.25, 0.3) is 5.91 Å². The molecule has 50 heavy (non-hydrogen) atoms. The fraction of sp³-hybridized carbons (Fsp3) is 0.432. The number of hydrogen-bond acceptors (Lipinski definition) is 10. The number of benzene rings is 1. The summed E-state index contributed by atoms with van der Waals surface area (Å²) in [5.74, 6) is 0.457. The van der Waals surface area contributed by atoms with E-state index in [4.69, 9.17) is 19.4 Å². The van der Waals surface area contributed by atoms with E-state index in [0.29, 0.717) is 35.6 Å². The van der Waals surface area contributed by atoms with Crippen LogP contribution in [0, 0.1) is 6.92 Å². The third kappa shape index (κ3) is 9.97. The summed E-state index contributed by atoms with van der Waals surface area (Å²) in [6.07, 6.45) is 5.14. The minimum atomic E-state index is -3.46. The Morgan fingerprint density at radius 3 is 2.54 bits per heavy atom. The number of unbranched alkanes of at least 4 members (excludes halogenated alkanes) is 1. The molecule has 1 aliphatic heterocycles. The van der Waals surface area contributed by atoms with Crippen LogP contribution in [0.4, 0.5) is 10.6 Å². The number of aromatic nitrogens is 3. The second kappa shape index (κ2) is 15.5. The van der Waals surface area contributed by atoms with Crippen LogP contribution in [0.15, 0.2) is 65.7 Å². The number of pyridine rings is 3. The van der Waals surface area contributed by atoms with E-state index < -0.39 is 27.4 Å². The summed E-state index contributed by atoms with van der Waals surface area (Å²) in [5, 5.41) is 6.50. The Hall–Kier alpha value is -4.62. The van der Waals surface area contributed by atoms with Gasteiger partial charge in [-0.1, -0.05) is 12.1 Å². The number of sulfone groups is 1. The average molecular weight is 703 g/mol. The average Bonchev–Trinajstić information content (AvgIpc) is 3.05. The molecule has 0 aliphatic carbocycles. The van der Waals surface area contributed by atoms with Crippen LogP contribution in [0.1, 0.15) is 68.6 Å². The molecule has 13 heteroatoms. The molecule has 1 saturated heterocycles. The molecule has 0 saturated carbocycles. The van der Waals surface area contributed by atoms with E-state index in [0.717, 1.165) is 49.0 Å². The standard InChI is InChI=1S/C37H46N6O6S/c1-24-13-14-26(18-33(24)50(6,46)47)35(44)40-21-28-19-32-27(20-39-28)15-16-31(41-32)30-11-9-12-34(42-30)43-22-25(2)48-29(23-43)10-7-8-17-38-36(45)49-37(3,4)5/h9,11-16,18-20,25,29H,7-8,10,17,21-23H2,1-6H3,(H,38,45)(H,40,44)/t25-,29+/m1/s1. The van der Waals surface area contributed by atoms with E-state index in [1.54, 1.807) is 25.3 Å². The van der Waals surface area contributed by atoms with Gasteiger partial charge in [-0.15, -0.1) is 0 Å². The highest BCUT2D eigenvalue weighted by Gasteiger charge is 2.26. The molecule has 2 atom stereocenters. The maximum Gasteiger partial charge on any atom is 0.407 e. The van der Waals surface area contributed by atoms with Crippen molar-refractivity contribution in [2.24, 2.45) is 0 Å². The maximum atomic E-state index is 12.9. The molecule has 0 radical (unpaired) electrons. The number of amides is 2. The third-order valence-electron chi connectivity index (χ3n) is 8.18. The second-order valence-electron chi connectivity index (χ2n) is 13.8. The zero-order valence-corrected chi connectivity index (χ0v) is 30.3. The van der Waals surface area contributed by atoms with Crippen LogP contribution in [-0.4, -0.2) is 79.1 Å². The van der Waals surface area contributed by atoms with Gasteiger partial charge < -0.3 is 25.0 Å². The van der Waals surface area contributed by atoms with Crippen molar-refractivity contribution in [3.05, 3.63) is 77.6 Å². The first-order chi connectivity index (χ1) is 23.6. The molecule has 0 spiro atoms. The molecule has 1 aliphatic rings. The largest absolute Gasteiger partial charge is 0.444 e. The van der Waals surface area contributed by atoms with Crippen molar-refractivity contribution in [3.63, 3.8) is 0 Å². The number of morpholine rings is 1. The summed E-state index contributed by atoms with van der Waals surface area (Å²) in [6, 6.07) is 16.3. The van der Waals surface area contributed by atoms with Crippen LogP contribution >= 0.6 is 0 Å². The van der Waals surface area contributed by atoms with E-state index in [-0.39, 0.29) is 29.2 Å². The molecule has 4 aromatic rings. The van der Waals surface area contributed by atoms with Crippen LogP contribution in [0.25, 0.3) is 22.3 Å². The summed E-state index contributed by atoms with van der Waals surface area (Å²) in [7, 11) is -3.46. The van der Waals surface area contributed by atoms with Gasteiger partial charge in [0, 0.05) is 43.0 Å². The lowest BCUT2D eigenvalue weighted by atomic mass is 10.1. The molecule has 2 amide bonds. The topological polar surface area (TPSA) is 153 Å². The highest BCUT2D eigenvalue weighted by Crippen LogP contribution is 2.26. The second-order valence-corrected chi connectivity index (χ2v) is 15.8. The van der Waals surface area contributed by atoms with Crippen LogP contribution in [0.5, 0.6) is 0 Å². The van der Waals surface area contributed by atoms with Gasteiger partial charge in [0.05, 0.1) is 46.2 Å². The SMILES string of the molecule is Cc1ccc(C(=O)NCc2cc3nc(-c4cccc(N5C[C@H](CCCCNC(=O)OC(C)(C)C)O[C@H](C)C5)n4)ccc3cn2)cc1S(C)(=O)=O. The predicted molar refractivity (Wildman–Crippen MR) is 193 cm³/mol. The van der Waals surface area contributed by atoms with Crippen molar-refractivity contribution in [3.8, 4) is 11.4 Å². The molecule has 2 N–H and O–H groups in total. The van der Waals surface area contributed by atoms with Gasteiger partial charge in [0.15, 0.2) is 9.84 Å². The van der Waals surface area contributed by atoms with Crippen molar-refractivity contribution < 1.29 is 27.5 Å². The zero-order chi connectivity index (χ0) is 36.1. The van der Waals surface area contributed by atoms with E-state index in [9.17, 15) is 18.0 Å². The minimum absolute atomic E-state index is 0.0389. The van der Waals surface area contributed by atoms with E-state index in [2.05, 4.69) is 27.4 Å². The van der Waals surface area contributed by atoms with E-state index in [1.807, 2.05) is 57.2 Å². The number of carbonyl (C=O) groups excluding carboxylic acids is 2. The van der Waals surface area contributed by atoms with Crippen molar-refractivity contribution in [2.45, 2.75) is 83.1 Å². The molecule has 12 nitrogen and oxygen atoms in total. The lowest BCUT2D eigenvalue weighted by Gasteiger charge is -2.37. The first-order valence-electron chi connectivity index (χ1n) is 16.8. The van der Waals surface area contributed by atoms with Gasteiger partial charge in [0.2, 0.25) is 0 Å². The Morgan fingerprint density at radius 1 is 1.00 bits per heavy atom. The molecule has 3 aromatic heterocycles. The van der Waals surface area contributed by atoms with Crippen molar-refractivity contribution in [1.29, 1.82) is 0 Å². The highest BCUT2D eigenvalue weighted by atomic mass is 32.2. The lowest BCUT2D eigenvalue weighted by molar-refractivity contribution is -0.0209. The Labute approximate surface area is 293 Å². The number of carbonyl (C=O) groups is 2. The first kappa shape index (κ1) is 36.7. The number of nitrogens with one attached hydrogen (secondary N) is 2. The van der Waals surface area contributed by atoms with E-state index >= 15 is 0 Å². The number of hydrogen-bond donors (Lipinski definition) is 2. The molecule has 266 valence electrons. The number of aryl methyl sites for hydroxylation is 1. The fourth-order valence-electron chi connectivity index (χ4n) is 5.85. The monoisotopic (exact) mass is 702 g/mol. The Balaban J connectivity index is 1.21. The van der Waals surface area contributed by atoms with E-state index in [1.165, 1.54) is 6.07 Å². The van der Waals surface area contributed by atoms with Gasteiger partial charge in [-0.2, -0.15) is 0 Å². The van der Waals surface area contributed by atoms with Crippen LogP contribution in [0.2, 0.25) is 0 Å². The minimum Gasteiger partial charge on any atom is -0.444 e. The molecule has 1 fully saturated rings. The smallest absolute Gasteiger partial charge is 0.407 e. The number of alkyl carbamates (subject to hydrolysis) is 1. The van der Waals surface area contributed by atoms with Gasteiger partial charge >= 0.3 is 6.09 Å². The fourth-order valence-corrected chi connectivity index (χ4v) is 6.84. The lowest BCUT2D eigenvalue weighted by Crippen LogP contribution is -2.47. The van der Waals surface area contributed by atoms with Gasteiger partial charge in [0.1, 0.15) is 11.4 Å². The zero-order valence-electron chi connectivity index (χ0n) is 29.5. The quantitative estimate of drug-likeness (QED) is 0.188. The van der Waals surface area contributed by atoms with Crippen LogP contribution in [0.3, 0.4) is 0 Å². The van der Waals surface area contributed by atoms with Crippen molar-refractivity contribution in [2.75, 3.05) is 30.8 Å². The molecule has 5 rings (SSSR count). The Kier molecular flexibility index (Phi) is 11.4. The highest BCUT2D eigenvalue weighted by molar-refractivity contribution is 7.90. The molecule has 0 bridgehead atoms. The third-order valence-corrected chi connectivity index (χ3v) is 9.42. The van der Waals surface area contributed by atoms with Crippen molar-refractivity contribution >= 4 is 38.6 Å². The number of anilines is 1. The van der Waals surface area contributed by atoms with Crippen LogP contribution < -0.4 is 15.5 Å². The number of nitrogens with zero attached hydrogens (tertiary/aromatic N) is 4. The van der Waals surface area contributed by atoms with Gasteiger partial charge in [-0.3, -0.25) is 9.78 Å². The summed E-state index contributed by atoms with van der Waals surface area (Å²) >= 11 is 0. The number of fused-ring (bicyclic) bond motifs is 1. The maximum absolute atomic E-state index is 12.9.